The molecule has 0 aliphatic carbocycles. The van der Waals surface area contributed by atoms with Crippen LogP contribution < -0.4 is 15.4 Å². The smallest absolute Gasteiger partial charge is 0.220 e. The first-order chi connectivity index (χ1) is 10.3. The van der Waals surface area contributed by atoms with Crippen LogP contribution >= 0.6 is 11.8 Å². The van der Waals surface area contributed by atoms with Gasteiger partial charge in [0.25, 0.3) is 0 Å². The average molecular weight is 308 g/mol. The highest BCUT2D eigenvalue weighted by molar-refractivity contribution is 7.99. The van der Waals surface area contributed by atoms with E-state index in [9.17, 15) is 4.79 Å². The van der Waals surface area contributed by atoms with Crippen LogP contribution in [0.5, 0.6) is 5.75 Å². The maximum atomic E-state index is 11.8. The van der Waals surface area contributed by atoms with Crippen LogP contribution in [0.15, 0.2) is 29.2 Å². The van der Waals surface area contributed by atoms with Crippen molar-refractivity contribution in [3.05, 3.63) is 24.3 Å². The molecule has 1 fully saturated rings. The summed E-state index contributed by atoms with van der Waals surface area (Å²) in [6.07, 6.45) is 3.00. The van der Waals surface area contributed by atoms with Crippen molar-refractivity contribution in [1.29, 1.82) is 0 Å². The molecule has 1 atom stereocenters. The molecule has 1 aromatic carbocycles. The van der Waals surface area contributed by atoms with E-state index in [2.05, 4.69) is 10.6 Å². The fourth-order valence-corrected chi connectivity index (χ4v) is 3.23. The van der Waals surface area contributed by atoms with Gasteiger partial charge in [-0.05, 0) is 56.1 Å². The van der Waals surface area contributed by atoms with Crippen LogP contribution in [-0.2, 0) is 4.79 Å². The fraction of sp³-hybridized carbons (Fsp3) is 0.562. The van der Waals surface area contributed by atoms with E-state index in [4.69, 9.17) is 4.74 Å². The van der Waals surface area contributed by atoms with Crippen molar-refractivity contribution in [2.75, 3.05) is 32.5 Å². The van der Waals surface area contributed by atoms with Gasteiger partial charge >= 0.3 is 0 Å². The molecule has 116 valence electrons. The first kappa shape index (κ1) is 16.2. The number of piperidine rings is 1. The number of nitrogens with one attached hydrogen (secondary N) is 2. The van der Waals surface area contributed by atoms with Crippen molar-refractivity contribution < 1.29 is 9.53 Å². The second kappa shape index (κ2) is 8.95. The standard InChI is InChI=1S/C16H24N2O2S/c1-20-14-4-6-15(7-5-14)21-10-8-16(19)18-12-13-3-2-9-17-11-13/h4-7,13,17H,2-3,8-12H2,1H3,(H,18,19). The molecular weight excluding hydrogens is 284 g/mol. The normalized spacial score (nSPS) is 18.2. The molecule has 4 nitrogen and oxygen atoms in total. The topological polar surface area (TPSA) is 50.4 Å². The Balaban J connectivity index is 1.59. The molecule has 1 saturated heterocycles. The lowest BCUT2D eigenvalue weighted by Gasteiger charge is -2.22. The lowest BCUT2D eigenvalue weighted by molar-refractivity contribution is -0.120. The molecule has 0 saturated carbocycles. The van der Waals surface area contributed by atoms with Gasteiger partial charge in [0.1, 0.15) is 5.75 Å². The molecule has 1 unspecified atom stereocenters. The predicted molar refractivity (Wildman–Crippen MR) is 86.9 cm³/mol. The maximum Gasteiger partial charge on any atom is 0.220 e. The van der Waals surface area contributed by atoms with Crippen molar-refractivity contribution >= 4 is 17.7 Å². The lowest BCUT2D eigenvalue weighted by atomic mass is 10.00. The van der Waals surface area contributed by atoms with E-state index < -0.39 is 0 Å². The van der Waals surface area contributed by atoms with Crippen LogP contribution in [0.3, 0.4) is 0 Å². The van der Waals surface area contributed by atoms with Crippen LogP contribution in [0, 0.1) is 5.92 Å². The number of rotatable bonds is 7. The Hall–Kier alpha value is -1.20. The average Bonchev–Trinajstić information content (AvgIpc) is 2.54. The summed E-state index contributed by atoms with van der Waals surface area (Å²) in [5, 5.41) is 6.41. The van der Waals surface area contributed by atoms with E-state index in [1.54, 1.807) is 18.9 Å². The minimum Gasteiger partial charge on any atom is -0.497 e. The molecule has 0 bridgehead atoms. The Kier molecular flexibility index (Phi) is 6.89. The molecule has 21 heavy (non-hydrogen) atoms. The highest BCUT2D eigenvalue weighted by atomic mass is 32.2. The monoisotopic (exact) mass is 308 g/mol. The second-order valence-corrected chi connectivity index (χ2v) is 6.46. The Morgan fingerprint density at radius 3 is 2.90 bits per heavy atom. The summed E-state index contributed by atoms with van der Waals surface area (Å²) < 4.78 is 5.12. The van der Waals surface area contributed by atoms with Crippen molar-refractivity contribution in [3.8, 4) is 5.75 Å². The van der Waals surface area contributed by atoms with Gasteiger partial charge in [-0.1, -0.05) is 0 Å². The molecule has 0 aromatic heterocycles. The molecule has 0 radical (unpaired) electrons. The molecule has 1 amide bonds. The van der Waals surface area contributed by atoms with Crippen molar-refractivity contribution in [2.45, 2.75) is 24.2 Å². The summed E-state index contributed by atoms with van der Waals surface area (Å²) >= 11 is 1.70. The van der Waals surface area contributed by atoms with E-state index in [0.717, 1.165) is 31.1 Å². The minimum absolute atomic E-state index is 0.154. The number of hydrogen-bond donors (Lipinski definition) is 2. The number of carbonyl (C=O) groups excluding carboxylic acids is 1. The largest absolute Gasteiger partial charge is 0.497 e. The van der Waals surface area contributed by atoms with Crippen LogP contribution in [0.1, 0.15) is 19.3 Å². The summed E-state index contributed by atoms with van der Waals surface area (Å²) in [6.45, 7) is 2.95. The predicted octanol–water partition coefficient (Wildman–Crippen LogP) is 2.29. The third-order valence-electron chi connectivity index (χ3n) is 3.64. The van der Waals surface area contributed by atoms with E-state index in [1.165, 1.54) is 17.7 Å². The molecule has 0 spiro atoms. The zero-order valence-corrected chi connectivity index (χ0v) is 13.4. The van der Waals surface area contributed by atoms with Gasteiger partial charge in [0.2, 0.25) is 5.91 Å². The Morgan fingerprint density at radius 1 is 1.43 bits per heavy atom. The Labute approximate surface area is 131 Å². The van der Waals surface area contributed by atoms with E-state index >= 15 is 0 Å². The SMILES string of the molecule is COc1ccc(SCCC(=O)NCC2CCCNC2)cc1. The van der Waals surface area contributed by atoms with Gasteiger partial charge < -0.3 is 15.4 Å². The third kappa shape index (κ3) is 5.98. The molecular formula is C16H24N2O2S. The summed E-state index contributed by atoms with van der Waals surface area (Å²) in [4.78, 5) is 13.0. The van der Waals surface area contributed by atoms with Gasteiger partial charge in [-0.15, -0.1) is 11.8 Å². The molecule has 2 N–H and O–H groups in total. The Bertz CT molecular complexity index is 430. The molecule has 5 heteroatoms. The van der Waals surface area contributed by atoms with Gasteiger partial charge in [-0.3, -0.25) is 4.79 Å². The summed E-state index contributed by atoms with van der Waals surface area (Å²) in [7, 11) is 1.66. The number of thioether (sulfide) groups is 1. The molecule has 1 aromatic rings. The van der Waals surface area contributed by atoms with Crippen molar-refractivity contribution in [1.82, 2.24) is 10.6 Å². The van der Waals surface area contributed by atoms with E-state index in [-0.39, 0.29) is 5.91 Å². The van der Waals surface area contributed by atoms with E-state index in [1.807, 2.05) is 24.3 Å². The van der Waals surface area contributed by atoms with Crippen molar-refractivity contribution in [3.63, 3.8) is 0 Å². The zero-order valence-electron chi connectivity index (χ0n) is 12.6. The van der Waals surface area contributed by atoms with Gasteiger partial charge in [0.15, 0.2) is 0 Å². The number of hydrogen-bond acceptors (Lipinski definition) is 4. The van der Waals surface area contributed by atoms with Gasteiger partial charge in [0, 0.05) is 23.6 Å². The summed E-state index contributed by atoms with van der Waals surface area (Å²) in [6, 6.07) is 7.93. The van der Waals surface area contributed by atoms with Gasteiger partial charge in [-0.25, -0.2) is 0 Å². The van der Waals surface area contributed by atoms with Crippen LogP contribution in [0.25, 0.3) is 0 Å². The quantitative estimate of drug-likeness (QED) is 0.759. The summed E-state index contributed by atoms with van der Waals surface area (Å²) in [5.41, 5.74) is 0. The first-order valence-corrected chi connectivity index (χ1v) is 8.51. The van der Waals surface area contributed by atoms with E-state index in [0.29, 0.717) is 12.3 Å². The molecule has 1 aliphatic rings. The number of amides is 1. The number of methoxy groups -OCH3 is 1. The second-order valence-electron chi connectivity index (χ2n) is 5.29. The van der Waals surface area contributed by atoms with Crippen molar-refractivity contribution in [2.24, 2.45) is 5.92 Å². The number of benzene rings is 1. The zero-order chi connectivity index (χ0) is 14.9. The van der Waals surface area contributed by atoms with Crippen LogP contribution in [-0.4, -0.2) is 38.4 Å². The highest BCUT2D eigenvalue weighted by Gasteiger charge is 2.13. The Morgan fingerprint density at radius 2 is 2.24 bits per heavy atom. The fourth-order valence-electron chi connectivity index (χ4n) is 2.38. The molecule has 1 aliphatic heterocycles. The van der Waals surface area contributed by atoms with Gasteiger partial charge in [-0.2, -0.15) is 0 Å². The van der Waals surface area contributed by atoms with Crippen LogP contribution in [0.4, 0.5) is 0 Å². The summed E-state index contributed by atoms with van der Waals surface area (Å²) in [5.74, 6) is 2.41. The maximum absolute atomic E-state index is 11.8. The minimum atomic E-state index is 0.154. The highest BCUT2D eigenvalue weighted by Crippen LogP contribution is 2.21. The lowest BCUT2D eigenvalue weighted by Crippen LogP contribution is -2.38. The van der Waals surface area contributed by atoms with Crippen LogP contribution in [0.2, 0.25) is 0 Å². The number of ether oxygens (including phenoxy) is 1. The third-order valence-corrected chi connectivity index (χ3v) is 4.66. The number of carbonyl (C=O) groups is 1. The first-order valence-electron chi connectivity index (χ1n) is 7.52. The molecule has 1 heterocycles. The molecule has 2 rings (SSSR count). The van der Waals surface area contributed by atoms with Gasteiger partial charge in [0.05, 0.1) is 7.11 Å².